The van der Waals surface area contributed by atoms with Gasteiger partial charge in [-0.1, -0.05) is 85.5 Å². The Morgan fingerprint density at radius 3 is 2.45 bits per heavy atom. The number of aliphatic hydroxyl groups is 4. The molecule has 0 amide bonds. The summed E-state index contributed by atoms with van der Waals surface area (Å²) >= 11 is 0. The number of carbonyl (C=O) groups is 2. The van der Waals surface area contributed by atoms with Gasteiger partial charge in [0.15, 0.2) is 0 Å². The zero-order valence-corrected chi connectivity index (χ0v) is 47.5. The normalized spacial score (nSPS) is 47.3. The Labute approximate surface area is 474 Å². The zero-order valence-electron chi connectivity index (χ0n) is 47.5. The Kier molecular flexibility index (Phi) is 12.6. The monoisotopic (exact) mass is 1080 g/mol. The van der Waals surface area contributed by atoms with Gasteiger partial charge in [-0.15, -0.1) is 0 Å². The molecule has 8 saturated carbocycles. The van der Waals surface area contributed by atoms with Crippen LogP contribution in [0, 0.1) is 99.1 Å². The number of hydrogen-bond donors (Lipinski definition) is 5. The molecule has 9 heteroatoms. The average molecular weight is 1080 g/mol. The minimum Gasteiger partial charge on any atom is -0.454 e. The molecule has 9 fully saturated rings. The predicted molar refractivity (Wildman–Crippen MR) is 305 cm³/mol. The highest BCUT2D eigenvalue weighted by Gasteiger charge is 2.85. The molecule has 0 aromatic heterocycles. The molecule has 12 bridgehead atoms. The van der Waals surface area contributed by atoms with Gasteiger partial charge < -0.3 is 40.0 Å². The van der Waals surface area contributed by atoms with E-state index in [9.17, 15) is 15.0 Å². The number of nitrogens with one attached hydrogen (secondary N) is 1. The highest BCUT2D eigenvalue weighted by atomic mass is 16.5. The van der Waals surface area contributed by atoms with E-state index in [1.54, 1.807) is 6.08 Å². The first kappa shape index (κ1) is 52.6. The number of aryl methyl sites for hydroxylation is 1. The molecule has 3 aliphatic heterocycles. The van der Waals surface area contributed by atoms with Gasteiger partial charge in [-0.2, -0.15) is 0 Å². The Morgan fingerprint density at radius 2 is 1.62 bits per heavy atom. The third kappa shape index (κ3) is 7.42. The second kappa shape index (κ2) is 19.2. The van der Waals surface area contributed by atoms with E-state index in [1.165, 1.54) is 42.2 Å². The molecule has 2 spiro atoms. The summed E-state index contributed by atoms with van der Waals surface area (Å²) in [5, 5.41) is 59.3. The molecule has 13 aliphatic rings. The second-order valence-corrected chi connectivity index (χ2v) is 29.3. The summed E-state index contributed by atoms with van der Waals surface area (Å²) in [7, 11) is 1.97. The molecule has 80 heavy (non-hydrogen) atoms. The number of esters is 1. The lowest BCUT2D eigenvalue weighted by Gasteiger charge is -2.75. The van der Waals surface area contributed by atoms with Crippen molar-refractivity contribution in [3.63, 3.8) is 0 Å². The number of fused-ring (bicyclic) bond motifs is 13. The third-order valence-corrected chi connectivity index (χ3v) is 26.5. The Bertz CT molecular complexity index is 3040. The summed E-state index contributed by atoms with van der Waals surface area (Å²) in [6.07, 6.45) is 19.6. The van der Waals surface area contributed by atoms with Crippen LogP contribution in [-0.4, -0.2) is 80.9 Å². The van der Waals surface area contributed by atoms with Gasteiger partial charge in [-0.3, -0.25) is 0 Å². The molecule has 0 radical (unpaired) electrons. The maximum atomic E-state index is 15.6. The molecule has 1 saturated heterocycles. The van der Waals surface area contributed by atoms with Crippen LogP contribution in [-0.2, 0) is 51.4 Å². The van der Waals surface area contributed by atoms with E-state index in [-0.39, 0.29) is 78.2 Å². The summed E-state index contributed by atoms with van der Waals surface area (Å²) in [6.45, 7) is 2.39. The van der Waals surface area contributed by atoms with Crippen molar-refractivity contribution in [3.8, 4) is 11.8 Å². The molecule has 3 aromatic rings. The van der Waals surface area contributed by atoms with Gasteiger partial charge in [0.05, 0.1) is 35.4 Å². The first-order valence-electron chi connectivity index (χ1n) is 32.0. The zero-order chi connectivity index (χ0) is 54.6. The Morgan fingerprint density at radius 1 is 0.812 bits per heavy atom. The second-order valence-electron chi connectivity index (χ2n) is 29.3. The first-order valence-corrected chi connectivity index (χ1v) is 32.0. The van der Waals surface area contributed by atoms with Crippen LogP contribution in [0.15, 0.2) is 84.4 Å². The van der Waals surface area contributed by atoms with Gasteiger partial charge in [0, 0.05) is 52.7 Å². The summed E-state index contributed by atoms with van der Waals surface area (Å²) in [5.41, 5.74) is 0.388. The number of hydrogen-bond acceptors (Lipinski definition) is 9. The van der Waals surface area contributed by atoms with Crippen LogP contribution >= 0.6 is 0 Å². The number of ether oxygens (including phenoxy) is 2. The highest BCUT2D eigenvalue weighted by molar-refractivity contribution is 5.86. The maximum Gasteiger partial charge on any atom is 0.331 e. The standard InChI is InChI=1S/C71H87NO8/c1-42-49-20-19-46(28-49)27-44-12-8-13-45(26-44)30-55-33-53-29-47(18-17-43-10-4-3-5-11-43)36-66(53)40-68(41-74)61-23-25-67-24-7-6-14-48-15-9-16-51(39-73)56(48)34-60(72-2)57-32-52(63(67)58-35-62(75)80-64(57)58)37-70(67,77)69(61,76)38-54-31-50(42)21-22-59(65(66)79-55)71(54,68)78/h3-5,8-13,15-16,26,35,41-42,46-47,49-50,52-55,57,59-61,63-65,72-73,76-78H,7,17-25,27-34,36-40H2,1-2H3/t42-,46+,47-,49-,50-,52+,53+,54-,55+,57+,59+,60+,61-,63-,64+,65-,66-,67-,68+,69+,70-,71+/m1/s1. The van der Waals surface area contributed by atoms with Crippen molar-refractivity contribution >= 4 is 12.3 Å². The Balaban J connectivity index is 0.891. The molecule has 22 atom stereocenters. The van der Waals surface area contributed by atoms with Crippen LogP contribution in [0.1, 0.15) is 156 Å². The number of carbonyl (C=O) groups excluding carboxylic acids is 2. The predicted octanol–water partition coefficient (Wildman–Crippen LogP) is 10.2. The van der Waals surface area contributed by atoms with Crippen molar-refractivity contribution < 1.29 is 39.5 Å². The van der Waals surface area contributed by atoms with Crippen LogP contribution in [0.2, 0.25) is 0 Å². The van der Waals surface area contributed by atoms with E-state index in [0.29, 0.717) is 81.5 Å². The van der Waals surface area contributed by atoms with Crippen LogP contribution in [0.3, 0.4) is 0 Å². The van der Waals surface area contributed by atoms with E-state index in [0.717, 1.165) is 80.1 Å². The highest BCUT2D eigenvalue weighted by Crippen LogP contribution is 2.80. The molecule has 3 heterocycles. The van der Waals surface area contributed by atoms with Gasteiger partial charge in [-0.05, 0) is 235 Å². The van der Waals surface area contributed by atoms with E-state index in [2.05, 4.69) is 78.7 Å². The van der Waals surface area contributed by atoms with Crippen LogP contribution in [0.25, 0.3) is 0 Å². The van der Waals surface area contributed by atoms with Gasteiger partial charge in [0.1, 0.15) is 18.0 Å². The van der Waals surface area contributed by atoms with Crippen LogP contribution in [0.5, 0.6) is 0 Å². The van der Waals surface area contributed by atoms with Gasteiger partial charge >= 0.3 is 5.97 Å². The van der Waals surface area contributed by atoms with Crippen molar-refractivity contribution in [2.24, 2.45) is 87.3 Å². The minimum atomic E-state index is -1.72. The SMILES string of the molecule is CN[C@H]1Cc2c(cccc2CO)C#CCC[C@]23CC[C@H]4[C@@](O)(C[C@H]5C[C@H]6CC[C@H]7[C@H]8O[C@@H](Cc9cccc(c9)C[C@@H]9CC[C@H](C9)[C@H]6C)C[C@@H]6C[C@@H](CCc9ccccc9)C[C@@]68C[C@@]4(C=O)[C@]57O)[C@@]2(O)C[C@@H]2C[C@@H]1[C@@H]1OC(=O)C=C1[C@@H]23. The lowest BCUT2D eigenvalue weighted by molar-refractivity contribution is -0.366. The van der Waals surface area contributed by atoms with Crippen molar-refractivity contribution in [2.75, 3.05) is 7.05 Å². The quantitative estimate of drug-likeness (QED) is 0.0926. The molecule has 5 N–H and O–H groups in total. The van der Waals surface area contributed by atoms with Crippen molar-refractivity contribution in [1.29, 1.82) is 0 Å². The number of aldehydes is 1. The van der Waals surface area contributed by atoms with Crippen molar-refractivity contribution in [1.82, 2.24) is 5.32 Å². The van der Waals surface area contributed by atoms with Gasteiger partial charge in [-0.25, -0.2) is 4.79 Å². The number of benzene rings is 3. The fourth-order valence-corrected chi connectivity index (χ4v) is 23.5. The van der Waals surface area contributed by atoms with Crippen LogP contribution in [0.4, 0.5) is 0 Å². The smallest absolute Gasteiger partial charge is 0.331 e. The largest absolute Gasteiger partial charge is 0.454 e. The minimum absolute atomic E-state index is 0.00306. The first-order chi connectivity index (χ1) is 38.8. The summed E-state index contributed by atoms with van der Waals surface area (Å²) < 4.78 is 14.3. The lowest BCUT2D eigenvalue weighted by Crippen LogP contribution is -2.83. The lowest BCUT2D eigenvalue weighted by atomic mass is 9.33. The molecular weight excluding hydrogens is 995 g/mol. The topological polar surface area (TPSA) is 146 Å². The molecule has 424 valence electrons. The summed E-state index contributed by atoms with van der Waals surface area (Å²) in [6, 6.07) is 26.1. The van der Waals surface area contributed by atoms with E-state index >= 15 is 15.0 Å². The number of aliphatic hydroxyl groups excluding tert-OH is 1. The number of likely N-dealkylation sites (N-methyl/N-ethyl adjacent to an activating group) is 1. The maximum absolute atomic E-state index is 15.6. The molecule has 0 unspecified atom stereocenters. The van der Waals surface area contributed by atoms with Crippen molar-refractivity contribution in [3.05, 3.63) is 118 Å². The molecule has 3 aromatic carbocycles. The molecular formula is C71H87NO8. The van der Waals surface area contributed by atoms with E-state index in [1.807, 2.05) is 25.2 Å². The molecule has 9 nitrogen and oxygen atoms in total. The van der Waals surface area contributed by atoms with Gasteiger partial charge in [0.2, 0.25) is 0 Å². The van der Waals surface area contributed by atoms with E-state index in [4.69, 9.17) is 9.47 Å². The molecule has 10 aliphatic carbocycles. The Hall–Kier alpha value is -4.14. The summed E-state index contributed by atoms with van der Waals surface area (Å²) in [4.78, 5) is 29.5. The fourth-order valence-electron chi connectivity index (χ4n) is 23.5. The third-order valence-electron chi connectivity index (χ3n) is 26.5. The summed E-state index contributed by atoms with van der Waals surface area (Å²) in [5.74, 6) is 7.51. The number of rotatable bonds is 6. The van der Waals surface area contributed by atoms with E-state index < -0.39 is 45.6 Å². The van der Waals surface area contributed by atoms with Crippen LogP contribution < -0.4 is 5.32 Å². The van der Waals surface area contributed by atoms with Crippen molar-refractivity contribution in [2.45, 2.75) is 196 Å². The fraction of sp³-hybridized carbons (Fsp3) is 0.662. The van der Waals surface area contributed by atoms with Gasteiger partial charge in [0.25, 0.3) is 0 Å². The average Bonchev–Trinajstić information content (AvgIpc) is 2.91. The molecule has 16 rings (SSSR count).